The van der Waals surface area contributed by atoms with Gasteiger partial charge in [0.05, 0.1) is 0 Å². The highest BCUT2D eigenvalue weighted by molar-refractivity contribution is 5.85. The molecular formula is C22H21ClFNO2. The molecule has 3 aromatic rings. The molecule has 0 aromatic heterocycles. The standard InChI is InChI=1S/C22H20FNO2.ClH/c23-19-11-12-20(17-9-5-2-6-10-17)18(13-19)14-21(22(25)26)24-15-16-7-3-1-4-8-16;/h1-13,21,24H,14-15H2,(H,25,26);1H/t21-;/m0./s1. The van der Waals surface area contributed by atoms with Gasteiger partial charge in [0.1, 0.15) is 11.9 Å². The molecule has 0 saturated carbocycles. The highest BCUT2D eigenvalue weighted by Crippen LogP contribution is 2.25. The minimum atomic E-state index is -0.954. The summed E-state index contributed by atoms with van der Waals surface area (Å²) in [6, 6.07) is 22.9. The summed E-state index contributed by atoms with van der Waals surface area (Å²) < 4.78 is 13.8. The molecule has 27 heavy (non-hydrogen) atoms. The number of carboxylic acids is 1. The van der Waals surface area contributed by atoms with Gasteiger partial charge >= 0.3 is 5.97 Å². The lowest BCUT2D eigenvalue weighted by Crippen LogP contribution is -2.38. The normalized spacial score (nSPS) is 11.4. The fourth-order valence-corrected chi connectivity index (χ4v) is 2.93. The third-order valence-electron chi connectivity index (χ3n) is 4.27. The number of benzene rings is 3. The van der Waals surface area contributed by atoms with Crippen molar-refractivity contribution >= 4 is 18.4 Å². The topological polar surface area (TPSA) is 49.3 Å². The van der Waals surface area contributed by atoms with Crippen molar-refractivity contribution in [2.24, 2.45) is 0 Å². The van der Waals surface area contributed by atoms with Crippen LogP contribution in [0.15, 0.2) is 78.9 Å². The lowest BCUT2D eigenvalue weighted by molar-refractivity contribution is -0.139. The van der Waals surface area contributed by atoms with E-state index in [1.807, 2.05) is 60.7 Å². The second-order valence-corrected chi connectivity index (χ2v) is 6.13. The molecule has 0 aliphatic heterocycles. The van der Waals surface area contributed by atoms with E-state index in [9.17, 15) is 14.3 Å². The molecule has 0 fully saturated rings. The lowest BCUT2D eigenvalue weighted by atomic mass is 9.95. The first-order valence-corrected chi connectivity index (χ1v) is 8.47. The number of halogens is 2. The van der Waals surface area contributed by atoms with E-state index in [2.05, 4.69) is 5.32 Å². The van der Waals surface area contributed by atoms with Gasteiger partial charge in [-0.05, 0) is 40.8 Å². The first kappa shape index (κ1) is 20.6. The van der Waals surface area contributed by atoms with Crippen molar-refractivity contribution < 1.29 is 14.3 Å². The zero-order valence-electron chi connectivity index (χ0n) is 14.6. The minimum Gasteiger partial charge on any atom is -0.480 e. The number of nitrogens with one attached hydrogen (secondary N) is 1. The van der Waals surface area contributed by atoms with E-state index in [1.165, 1.54) is 12.1 Å². The molecule has 3 rings (SSSR count). The van der Waals surface area contributed by atoms with Crippen molar-refractivity contribution in [3.63, 3.8) is 0 Å². The Morgan fingerprint density at radius 2 is 1.59 bits per heavy atom. The maximum absolute atomic E-state index is 13.8. The van der Waals surface area contributed by atoms with E-state index in [1.54, 1.807) is 6.07 Å². The molecule has 0 aliphatic rings. The van der Waals surface area contributed by atoms with Gasteiger partial charge in [-0.25, -0.2) is 4.39 Å². The van der Waals surface area contributed by atoms with Crippen LogP contribution >= 0.6 is 12.4 Å². The Morgan fingerprint density at radius 1 is 0.963 bits per heavy atom. The molecule has 0 amide bonds. The predicted octanol–water partition coefficient (Wildman–Crippen LogP) is 4.70. The van der Waals surface area contributed by atoms with Crippen LogP contribution in [0.3, 0.4) is 0 Å². The monoisotopic (exact) mass is 385 g/mol. The molecule has 0 bridgehead atoms. The quantitative estimate of drug-likeness (QED) is 0.619. The van der Waals surface area contributed by atoms with Crippen LogP contribution in [0.25, 0.3) is 11.1 Å². The van der Waals surface area contributed by atoms with Gasteiger partial charge in [-0.15, -0.1) is 12.4 Å². The van der Waals surface area contributed by atoms with Crippen LogP contribution in [0, 0.1) is 5.82 Å². The summed E-state index contributed by atoms with van der Waals surface area (Å²) in [5, 5.41) is 12.6. The molecule has 0 radical (unpaired) electrons. The zero-order valence-corrected chi connectivity index (χ0v) is 15.5. The third-order valence-corrected chi connectivity index (χ3v) is 4.27. The average molecular weight is 386 g/mol. The number of rotatable bonds is 7. The summed E-state index contributed by atoms with van der Waals surface area (Å²) >= 11 is 0. The summed E-state index contributed by atoms with van der Waals surface area (Å²) in [4.78, 5) is 11.7. The first-order valence-electron chi connectivity index (χ1n) is 8.47. The van der Waals surface area contributed by atoms with Crippen molar-refractivity contribution in [1.29, 1.82) is 0 Å². The molecule has 0 aliphatic carbocycles. The van der Waals surface area contributed by atoms with Crippen molar-refractivity contribution in [3.8, 4) is 11.1 Å². The van der Waals surface area contributed by atoms with Gasteiger partial charge in [0.15, 0.2) is 0 Å². The lowest BCUT2D eigenvalue weighted by Gasteiger charge is -2.17. The number of carboxylic acid groups (broad SMARTS) is 1. The molecule has 140 valence electrons. The summed E-state index contributed by atoms with van der Waals surface area (Å²) in [6.45, 7) is 0.438. The van der Waals surface area contributed by atoms with Crippen LogP contribution in [0.1, 0.15) is 11.1 Å². The van der Waals surface area contributed by atoms with Crippen LogP contribution in [0.4, 0.5) is 4.39 Å². The van der Waals surface area contributed by atoms with Gasteiger partial charge in [-0.1, -0.05) is 66.7 Å². The average Bonchev–Trinajstić information content (AvgIpc) is 2.66. The number of hydrogen-bond donors (Lipinski definition) is 2. The van der Waals surface area contributed by atoms with E-state index in [0.29, 0.717) is 12.1 Å². The smallest absolute Gasteiger partial charge is 0.321 e. The molecule has 0 saturated heterocycles. The van der Waals surface area contributed by atoms with Gasteiger partial charge < -0.3 is 10.4 Å². The summed E-state index contributed by atoms with van der Waals surface area (Å²) in [6.07, 6.45) is 0.199. The molecule has 1 atom stereocenters. The van der Waals surface area contributed by atoms with Crippen LogP contribution < -0.4 is 5.32 Å². The number of aliphatic carboxylic acids is 1. The molecule has 0 unspecified atom stereocenters. The molecule has 3 nitrogen and oxygen atoms in total. The van der Waals surface area contributed by atoms with Gasteiger partial charge in [-0.2, -0.15) is 0 Å². The van der Waals surface area contributed by atoms with E-state index in [-0.39, 0.29) is 24.6 Å². The van der Waals surface area contributed by atoms with E-state index in [4.69, 9.17) is 0 Å². The van der Waals surface area contributed by atoms with E-state index >= 15 is 0 Å². The number of carbonyl (C=O) groups is 1. The van der Waals surface area contributed by atoms with Gasteiger partial charge in [0.25, 0.3) is 0 Å². The molecule has 2 N–H and O–H groups in total. The van der Waals surface area contributed by atoms with Crippen molar-refractivity contribution in [2.45, 2.75) is 19.0 Å². The highest BCUT2D eigenvalue weighted by atomic mass is 35.5. The maximum atomic E-state index is 13.8. The minimum absolute atomic E-state index is 0. The summed E-state index contributed by atoms with van der Waals surface area (Å²) in [5.41, 5.74) is 3.46. The summed E-state index contributed by atoms with van der Waals surface area (Å²) in [5.74, 6) is -1.32. The van der Waals surface area contributed by atoms with Crippen molar-refractivity contribution in [3.05, 3.63) is 95.8 Å². The van der Waals surface area contributed by atoms with Gasteiger partial charge in [0, 0.05) is 6.54 Å². The molecule has 0 heterocycles. The molecule has 5 heteroatoms. The van der Waals surface area contributed by atoms with Crippen LogP contribution in [0.5, 0.6) is 0 Å². The van der Waals surface area contributed by atoms with Crippen LogP contribution in [-0.2, 0) is 17.8 Å². The van der Waals surface area contributed by atoms with Crippen molar-refractivity contribution in [1.82, 2.24) is 5.32 Å². The Hall–Kier alpha value is -2.69. The SMILES string of the molecule is Cl.O=C(O)[C@H](Cc1cc(F)ccc1-c1ccccc1)NCc1ccccc1. The first-order chi connectivity index (χ1) is 12.6. The Labute approximate surface area is 164 Å². The second-order valence-electron chi connectivity index (χ2n) is 6.13. The maximum Gasteiger partial charge on any atom is 0.321 e. The Kier molecular flexibility index (Phi) is 7.53. The zero-order chi connectivity index (χ0) is 18.4. The largest absolute Gasteiger partial charge is 0.480 e. The Balaban J connectivity index is 0.00000261. The molecule has 3 aromatic carbocycles. The highest BCUT2D eigenvalue weighted by Gasteiger charge is 2.20. The fraction of sp³-hybridized carbons (Fsp3) is 0.136. The van der Waals surface area contributed by atoms with Crippen LogP contribution in [0.2, 0.25) is 0 Å². The second kappa shape index (κ2) is 9.86. The molecule has 0 spiro atoms. The van der Waals surface area contributed by atoms with E-state index < -0.39 is 12.0 Å². The number of hydrogen-bond acceptors (Lipinski definition) is 2. The fourth-order valence-electron chi connectivity index (χ4n) is 2.93. The van der Waals surface area contributed by atoms with Crippen LogP contribution in [-0.4, -0.2) is 17.1 Å². The van der Waals surface area contributed by atoms with Gasteiger partial charge in [0.2, 0.25) is 0 Å². The van der Waals surface area contributed by atoms with Gasteiger partial charge in [-0.3, -0.25) is 4.79 Å². The Bertz CT molecular complexity index is 872. The molecular weight excluding hydrogens is 365 g/mol. The predicted molar refractivity (Wildman–Crippen MR) is 107 cm³/mol. The van der Waals surface area contributed by atoms with Crippen molar-refractivity contribution in [2.75, 3.05) is 0 Å². The summed E-state index contributed by atoms with van der Waals surface area (Å²) in [7, 11) is 0. The third kappa shape index (κ3) is 5.64. The van der Waals surface area contributed by atoms with E-state index in [0.717, 1.165) is 16.7 Å². The Morgan fingerprint density at radius 3 is 2.22 bits per heavy atom.